The van der Waals surface area contributed by atoms with Crippen molar-refractivity contribution in [2.75, 3.05) is 20.1 Å². The van der Waals surface area contributed by atoms with Crippen molar-refractivity contribution in [3.63, 3.8) is 0 Å². The van der Waals surface area contributed by atoms with Gasteiger partial charge in [-0.05, 0) is 14.0 Å². The first-order valence-electron chi connectivity index (χ1n) is 3.77. The van der Waals surface area contributed by atoms with E-state index in [9.17, 15) is 4.39 Å². The first-order chi connectivity index (χ1) is 5.11. The van der Waals surface area contributed by atoms with E-state index in [-0.39, 0.29) is 6.04 Å². The van der Waals surface area contributed by atoms with Crippen LogP contribution in [-0.2, 0) is 0 Å². The Morgan fingerprint density at radius 3 is 2.18 bits per heavy atom. The molecule has 0 aliphatic carbocycles. The number of likely N-dealkylation sites (tertiary alicyclic amines) is 1. The Balaban J connectivity index is 0.000000292. The first kappa shape index (κ1) is 10.6. The highest BCUT2D eigenvalue weighted by Gasteiger charge is 2.26. The van der Waals surface area contributed by atoms with Crippen LogP contribution in [0.4, 0.5) is 4.39 Å². The lowest BCUT2D eigenvalue weighted by molar-refractivity contribution is 0.309. The van der Waals surface area contributed by atoms with Gasteiger partial charge in [-0.1, -0.05) is 6.08 Å². The van der Waals surface area contributed by atoms with E-state index in [2.05, 4.69) is 6.58 Å². The zero-order valence-electron chi connectivity index (χ0n) is 7.26. The molecule has 1 aliphatic heterocycles. The minimum absolute atomic E-state index is 0.250. The molecule has 0 aromatic rings. The summed E-state index contributed by atoms with van der Waals surface area (Å²) in [6.07, 6.45) is 0.944. The minimum Gasteiger partial charge on any atom is -0.324 e. The van der Waals surface area contributed by atoms with Crippen LogP contribution in [0.3, 0.4) is 0 Å². The van der Waals surface area contributed by atoms with Gasteiger partial charge < -0.3 is 10.6 Å². The van der Waals surface area contributed by atoms with Crippen LogP contribution >= 0.6 is 0 Å². The molecule has 1 saturated heterocycles. The van der Waals surface area contributed by atoms with Crippen molar-refractivity contribution in [3.8, 4) is 0 Å². The quantitative estimate of drug-likeness (QED) is 0.531. The Hall–Kier alpha value is -0.410. The molecule has 0 aromatic carbocycles. The van der Waals surface area contributed by atoms with E-state index in [1.807, 2.05) is 18.9 Å². The fourth-order valence-electron chi connectivity index (χ4n) is 0.982. The summed E-state index contributed by atoms with van der Waals surface area (Å²) in [5, 5.41) is 0. The zero-order valence-corrected chi connectivity index (χ0v) is 7.26. The third-order valence-corrected chi connectivity index (χ3v) is 1.47. The second-order valence-electron chi connectivity index (χ2n) is 2.81. The van der Waals surface area contributed by atoms with Crippen molar-refractivity contribution >= 4 is 0 Å². The molecule has 11 heavy (non-hydrogen) atoms. The van der Waals surface area contributed by atoms with Crippen LogP contribution in [0, 0.1) is 0 Å². The van der Waals surface area contributed by atoms with Crippen molar-refractivity contribution in [3.05, 3.63) is 12.7 Å². The Morgan fingerprint density at radius 1 is 1.64 bits per heavy atom. The van der Waals surface area contributed by atoms with Gasteiger partial charge in [-0.15, -0.1) is 6.58 Å². The predicted octanol–water partition coefficient (Wildman–Crippen LogP) is 0.790. The maximum absolute atomic E-state index is 12.4. The van der Waals surface area contributed by atoms with Gasteiger partial charge in [-0.25, -0.2) is 4.39 Å². The molecule has 1 heterocycles. The first-order valence-corrected chi connectivity index (χ1v) is 3.77. The highest BCUT2D eigenvalue weighted by molar-refractivity contribution is 4.84. The molecular weight excluding hydrogens is 143 g/mol. The average Bonchev–Trinajstić information content (AvgIpc) is 2.12. The van der Waals surface area contributed by atoms with Gasteiger partial charge in [0, 0.05) is 19.1 Å². The van der Waals surface area contributed by atoms with E-state index < -0.39 is 6.17 Å². The molecule has 0 aromatic heterocycles. The van der Waals surface area contributed by atoms with E-state index in [0.29, 0.717) is 13.1 Å². The second kappa shape index (κ2) is 5.27. The molecule has 0 bridgehead atoms. The maximum Gasteiger partial charge on any atom is 0.129 e. The van der Waals surface area contributed by atoms with Gasteiger partial charge in [0.1, 0.15) is 6.17 Å². The van der Waals surface area contributed by atoms with Crippen LogP contribution < -0.4 is 5.73 Å². The van der Waals surface area contributed by atoms with Crippen molar-refractivity contribution in [1.82, 2.24) is 4.90 Å². The SMILES string of the molecule is C=CC.CN1CC(N)C(F)C1. The monoisotopic (exact) mass is 160 g/mol. The Bertz CT molecular complexity index is 107. The van der Waals surface area contributed by atoms with Gasteiger partial charge in [-0.2, -0.15) is 0 Å². The summed E-state index contributed by atoms with van der Waals surface area (Å²) in [7, 11) is 1.87. The predicted molar refractivity (Wildman–Crippen MR) is 46.2 cm³/mol. The van der Waals surface area contributed by atoms with Gasteiger partial charge in [0.25, 0.3) is 0 Å². The summed E-state index contributed by atoms with van der Waals surface area (Å²) in [5.74, 6) is 0. The van der Waals surface area contributed by atoms with Crippen LogP contribution in [0.2, 0.25) is 0 Å². The standard InChI is InChI=1S/C5H11FN2.C3H6/c1-8-2-4(6)5(7)3-8;1-3-2/h4-5H,2-3,7H2,1H3;3H,1H2,2H3. The third kappa shape index (κ3) is 4.11. The molecular formula is C8H17FN2. The summed E-state index contributed by atoms with van der Waals surface area (Å²) >= 11 is 0. The Labute approximate surface area is 67.9 Å². The summed E-state index contributed by atoms with van der Waals surface area (Å²) in [6, 6.07) is -0.250. The summed E-state index contributed by atoms with van der Waals surface area (Å²) in [4.78, 5) is 1.90. The van der Waals surface area contributed by atoms with Gasteiger partial charge >= 0.3 is 0 Å². The molecule has 1 rings (SSSR count). The van der Waals surface area contributed by atoms with Crippen molar-refractivity contribution in [2.24, 2.45) is 5.73 Å². The number of alkyl halides is 1. The normalized spacial score (nSPS) is 30.9. The van der Waals surface area contributed by atoms with Crippen LogP contribution in [0.1, 0.15) is 6.92 Å². The molecule has 2 unspecified atom stereocenters. The molecule has 2 atom stereocenters. The molecule has 0 saturated carbocycles. The Kier molecular flexibility index (Phi) is 5.07. The van der Waals surface area contributed by atoms with Gasteiger partial charge in [0.05, 0.1) is 0 Å². The number of nitrogens with zero attached hydrogens (tertiary/aromatic N) is 1. The lowest BCUT2D eigenvalue weighted by atomic mass is 10.3. The number of hydrogen-bond acceptors (Lipinski definition) is 2. The van der Waals surface area contributed by atoms with Crippen LogP contribution in [0.15, 0.2) is 12.7 Å². The van der Waals surface area contributed by atoms with Gasteiger partial charge in [-0.3, -0.25) is 0 Å². The lowest BCUT2D eigenvalue weighted by Gasteiger charge is -2.02. The molecule has 0 spiro atoms. The minimum atomic E-state index is -0.806. The Morgan fingerprint density at radius 2 is 2.09 bits per heavy atom. The van der Waals surface area contributed by atoms with Gasteiger partial charge in [0.2, 0.25) is 0 Å². The maximum atomic E-state index is 12.4. The van der Waals surface area contributed by atoms with E-state index in [1.54, 1.807) is 6.08 Å². The molecule has 2 N–H and O–H groups in total. The van der Waals surface area contributed by atoms with Crippen LogP contribution in [0.5, 0.6) is 0 Å². The number of hydrogen-bond donors (Lipinski definition) is 1. The molecule has 0 radical (unpaired) electrons. The largest absolute Gasteiger partial charge is 0.324 e. The van der Waals surface area contributed by atoms with E-state index in [4.69, 9.17) is 5.73 Å². The third-order valence-electron chi connectivity index (χ3n) is 1.47. The second-order valence-corrected chi connectivity index (χ2v) is 2.81. The molecule has 0 amide bonds. The summed E-state index contributed by atoms with van der Waals surface area (Å²) in [5.41, 5.74) is 5.35. The van der Waals surface area contributed by atoms with Gasteiger partial charge in [0.15, 0.2) is 0 Å². The van der Waals surface area contributed by atoms with Crippen molar-refractivity contribution in [2.45, 2.75) is 19.1 Å². The number of likely N-dealkylation sites (N-methyl/N-ethyl adjacent to an activating group) is 1. The average molecular weight is 160 g/mol. The summed E-state index contributed by atoms with van der Waals surface area (Å²) < 4.78 is 12.4. The number of allylic oxidation sites excluding steroid dienone is 1. The highest BCUT2D eigenvalue weighted by atomic mass is 19.1. The number of halogens is 1. The van der Waals surface area contributed by atoms with Crippen molar-refractivity contribution in [1.29, 1.82) is 0 Å². The fraction of sp³-hybridized carbons (Fsp3) is 0.750. The van der Waals surface area contributed by atoms with Crippen LogP contribution in [-0.4, -0.2) is 37.3 Å². The van der Waals surface area contributed by atoms with E-state index >= 15 is 0 Å². The van der Waals surface area contributed by atoms with E-state index in [1.165, 1.54) is 0 Å². The molecule has 66 valence electrons. The summed E-state index contributed by atoms with van der Waals surface area (Å²) in [6.45, 7) is 6.45. The topological polar surface area (TPSA) is 29.3 Å². The highest BCUT2D eigenvalue weighted by Crippen LogP contribution is 2.07. The van der Waals surface area contributed by atoms with E-state index in [0.717, 1.165) is 0 Å². The molecule has 2 nitrogen and oxygen atoms in total. The zero-order chi connectivity index (χ0) is 8.85. The molecule has 3 heteroatoms. The molecule has 1 fully saturated rings. The number of nitrogens with two attached hydrogens (primary N) is 1. The van der Waals surface area contributed by atoms with Crippen LogP contribution in [0.25, 0.3) is 0 Å². The smallest absolute Gasteiger partial charge is 0.129 e. The lowest BCUT2D eigenvalue weighted by Crippen LogP contribution is -2.29. The van der Waals surface area contributed by atoms with Crippen molar-refractivity contribution < 1.29 is 4.39 Å². The fourth-order valence-corrected chi connectivity index (χ4v) is 0.982. The number of rotatable bonds is 0. The molecule has 1 aliphatic rings.